The Morgan fingerprint density at radius 1 is 0.913 bits per heavy atom. The maximum Gasteiger partial charge on any atom is 0.397 e. The van der Waals surface area contributed by atoms with Crippen LogP contribution in [0, 0.1) is 10.1 Å². The summed E-state index contributed by atoms with van der Waals surface area (Å²) in [5.41, 5.74) is -0.0406. The van der Waals surface area contributed by atoms with Crippen LogP contribution in [-0.2, 0) is 27.4 Å². The lowest BCUT2D eigenvalue weighted by molar-refractivity contribution is -0.384. The van der Waals surface area contributed by atoms with Crippen molar-refractivity contribution in [1.82, 2.24) is 14.3 Å². The lowest BCUT2D eigenvalue weighted by atomic mass is 10.2. The largest absolute Gasteiger partial charge is 0.496 e. The second kappa shape index (κ2) is 14.9. The molecule has 0 aliphatic carbocycles. The lowest BCUT2D eigenvalue weighted by Crippen LogP contribution is -2.41. The van der Waals surface area contributed by atoms with Crippen molar-refractivity contribution in [3.05, 3.63) is 139 Å². The highest BCUT2D eigenvalue weighted by Crippen LogP contribution is 2.29. The number of carbonyl (C=O) groups is 2. The molecule has 5 rings (SSSR count). The van der Waals surface area contributed by atoms with Gasteiger partial charge in [0.25, 0.3) is 5.69 Å². The fraction of sp³-hybridized carbons (Fsp3) is 0.156. The van der Waals surface area contributed by atoms with Gasteiger partial charge in [0, 0.05) is 17.8 Å². The van der Waals surface area contributed by atoms with Crippen molar-refractivity contribution >= 4 is 34.3 Å². The number of hydrogen-bond donors (Lipinski definition) is 1. The van der Waals surface area contributed by atoms with Gasteiger partial charge in [0.05, 0.1) is 42.9 Å². The average Bonchev–Trinajstić information content (AvgIpc) is 3.08. The van der Waals surface area contributed by atoms with Crippen LogP contribution in [0.1, 0.15) is 18.2 Å². The van der Waals surface area contributed by atoms with Crippen LogP contribution >= 0.6 is 0 Å². The second-order valence-corrected chi connectivity index (χ2v) is 9.49. The van der Waals surface area contributed by atoms with Gasteiger partial charge in [0.15, 0.2) is 0 Å². The minimum atomic E-state index is -1.08. The number of rotatable bonds is 8. The Hall–Kier alpha value is -6.31. The fourth-order valence-electron chi connectivity index (χ4n) is 4.53. The van der Waals surface area contributed by atoms with Crippen molar-refractivity contribution in [2.75, 3.05) is 18.6 Å². The molecule has 1 amide bonds. The molecule has 0 unspecified atom stereocenters. The van der Waals surface area contributed by atoms with Crippen LogP contribution < -0.4 is 20.8 Å². The Labute approximate surface area is 261 Å². The number of para-hydroxylation sites is 5. The van der Waals surface area contributed by atoms with Crippen molar-refractivity contribution in [3.8, 4) is 5.75 Å². The molecule has 0 bridgehead atoms. The van der Waals surface area contributed by atoms with E-state index in [0.717, 1.165) is 10.5 Å². The van der Waals surface area contributed by atoms with Gasteiger partial charge >= 0.3 is 23.0 Å². The first-order valence-corrected chi connectivity index (χ1v) is 13.9. The summed E-state index contributed by atoms with van der Waals surface area (Å²) >= 11 is 0. The molecule has 0 spiro atoms. The van der Waals surface area contributed by atoms with Crippen LogP contribution in [0.5, 0.6) is 5.75 Å². The zero-order valence-corrected chi connectivity index (χ0v) is 24.8. The van der Waals surface area contributed by atoms with Crippen molar-refractivity contribution in [2.24, 2.45) is 0 Å². The molecule has 0 atom stereocenters. The molecule has 236 valence electrons. The van der Waals surface area contributed by atoms with Crippen LogP contribution in [0.15, 0.2) is 107 Å². The monoisotopic (exact) mass is 627 g/mol. The number of benzene rings is 3. The van der Waals surface area contributed by atoms with E-state index in [1.54, 1.807) is 68.6 Å². The highest BCUT2D eigenvalue weighted by Gasteiger charge is 2.30. The van der Waals surface area contributed by atoms with Gasteiger partial charge in [0.1, 0.15) is 17.0 Å². The second-order valence-electron chi connectivity index (χ2n) is 9.49. The number of aromatic nitrogens is 3. The number of hydrogen-bond acceptors (Lipinski definition) is 10. The van der Waals surface area contributed by atoms with E-state index in [4.69, 9.17) is 9.47 Å². The molecule has 2 heterocycles. The summed E-state index contributed by atoms with van der Waals surface area (Å²) in [6, 6.07) is 24.7. The summed E-state index contributed by atoms with van der Waals surface area (Å²) in [6.45, 7) is 1.68. The SMILES string of the molecule is CCOC(=O)C(=O)N(Cc1ccccn1)c1ccccc1[N+](=O)[O-].COc1ccccc1Cn1c(=O)c(=O)n(O)c2ccccc21. The summed E-state index contributed by atoms with van der Waals surface area (Å²) < 4.78 is 11.7. The molecule has 0 saturated carbocycles. The molecule has 14 nitrogen and oxygen atoms in total. The van der Waals surface area contributed by atoms with Crippen LogP contribution in [0.2, 0.25) is 0 Å². The molecule has 0 radical (unpaired) electrons. The van der Waals surface area contributed by atoms with E-state index in [-0.39, 0.29) is 36.6 Å². The third-order valence-electron chi connectivity index (χ3n) is 6.65. The van der Waals surface area contributed by atoms with Gasteiger partial charge in [-0.15, -0.1) is 4.73 Å². The third-order valence-corrected chi connectivity index (χ3v) is 6.65. The van der Waals surface area contributed by atoms with Gasteiger partial charge in [-0.3, -0.25) is 38.9 Å². The maximum atomic E-state index is 12.4. The first-order valence-electron chi connectivity index (χ1n) is 13.9. The number of nitro benzene ring substituents is 1. The van der Waals surface area contributed by atoms with Gasteiger partial charge in [-0.1, -0.05) is 48.5 Å². The molecule has 2 aromatic heterocycles. The minimum absolute atomic E-state index is 0.00575. The number of nitrogens with zero attached hydrogens (tertiary/aromatic N) is 5. The average molecular weight is 628 g/mol. The van der Waals surface area contributed by atoms with E-state index in [1.807, 2.05) is 18.2 Å². The Bertz CT molecular complexity index is 1990. The number of amides is 1. The van der Waals surface area contributed by atoms with Crippen LogP contribution in [0.3, 0.4) is 0 Å². The van der Waals surface area contributed by atoms with E-state index >= 15 is 0 Å². The van der Waals surface area contributed by atoms with Crippen molar-refractivity contribution < 1.29 is 29.2 Å². The molecule has 5 aromatic rings. The summed E-state index contributed by atoms with van der Waals surface area (Å²) in [5.74, 6) is -1.44. The van der Waals surface area contributed by atoms with Crippen LogP contribution in [0.25, 0.3) is 11.0 Å². The number of carbonyl (C=O) groups excluding carboxylic acids is 2. The topological polar surface area (TPSA) is 176 Å². The van der Waals surface area contributed by atoms with Gasteiger partial charge in [0.2, 0.25) is 0 Å². The van der Waals surface area contributed by atoms with E-state index < -0.39 is 27.9 Å². The summed E-state index contributed by atoms with van der Waals surface area (Å²) in [7, 11) is 1.55. The molecule has 3 aromatic carbocycles. The van der Waals surface area contributed by atoms with E-state index in [2.05, 4.69) is 4.98 Å². The molecule has 0 aliphatic rings. The lowest BCUT2D eigenvalue weighted by Gasteiger charge is -2.21. The third kappa shape index (κ3) is 7.24. The van der Waals surface area contributed by atoms with E-state index in [1.165, 1.54) is 29.0 Å². The number of esters is 1. The zero-order valence-electron chi connectivity index (χ0n) is 24.8. The molecular formula is C32H29N5O9. The highest BCUT2D eigenvalue weighted by molar-refractivity contribution is 6.38. The number of fused-ring (bicyclic) bond motifs is 1. The van der Waals surface area contributed by atoms with E-state index in [9.17, 15) is 34.5 Å². The molecule has 0 saturated heterocycles. The Kier molecular flexibility index (Phi) is 10.6. The van der Waals surface area contributed by atoms with E-state index in [0.29, 0.717) is 21.7 Å². The normalized spacial score (nSPS) is 10.4. The summed E-state index contributed by atoms with van der Waals surface area (Å²) in [6.07, 6.45) is 1.53. The molecule has 14 heteroatoms. The fourth-order valence-corrected chi connectivity index (χ4v) is 4.53. The van der Waals surface area contributed by atoms with Crippen molar-refractivity contribution in [3.63, 3.8) is 0 Å². The molecule has 46 heavy (non-hydrogen) atoms. The number of nitro groups is 1. The Morgan fingerprint density at radius 2 is 1.57 bits per heavy atom. The number of anilines is 1. The van der Waals surface area contributed by atoms with Gasteiger partial charge in [-0.25, -0.2) is 4.79 Å². The highest BCUT2D eigenvalue weighted by atomic mass is 16.6. The smallest absolute Gasteiger partial charge is 0.397 e. The molecular weight excluding hydrogens is 598 g/mol. The Balaban J connectivity index is 0.000000209. The van der Waals surface area contributed by atoms with Crippen molar-refractivity contribution in [1.29, 1.82) is 0 Å². The number of pyridine rings is 1. The molecule has 1 N–H and O–H groups in total. The van der Waals surface area contributed by atoms with Crippen LogP contribution in [-0.4, -0.2) is 50.0 Å². The maximum absolute atomic E-state index is 12.4. The van der Waals surface area contributed by atoms with Crippen LogP contribution in [0.4, 0.5) is 11.4 Å². The predicted molar refractivity (Wildman–Crippen MR) is 167 cm³/mol. The number of methoxy groups -OCH3 is 1. The molecule has 0 aliphatic heterocycles. The minimum Gasteiger partial charge on any atom is -0.496 e. The molecule has 0 fully saturated rings. The first-order chi connectivity index (χ1) is 22.2. The summed E-state index contributed by atoms with van der Waals surface area (Å²) in [4.78, 5) is 64.1. The van der Waals surface area contributed by atoms with Gasteiger partial charge < -0.3 is 14.7 Å². The Morgan fingerprint density at radius 3 is 2.24 bits per heavy atom. The van der Waals surface area contributed by atoms with Gasteiger partial charge in [-0.2, -0.15) is 0 Å². The standard InChI is InChI=1S/C16H15N3O5.C16H14N2O4/c1-2-24-16(21)15(20)18(11-12-7-5-6-10-17-12)13-8-3-4-9-14(13)19(22)23;1-22-14-9-5-2-6-11(14)10-17-12-7-3-4-8-13(12)18(21)16(20)15(17)19/h3-10H,2,11H2,1H3;2-9,21H,10H2,1H3. The first kappa shape index (κ1) is 32.6. The quantitative estimate of drug-likeness (QED) is 0.0880. The van der Waals surface area contributed by atoms with Crippen molar-refractivity contribution in [2.45, 2.75) is 20.0 Å². The summed E-state index contributed by atoms with van der Waals surface area (Å²) in [5, 5.41) is 21.0. The van der Waals surface area contributed by atoms with Gasteiger partial charge in [-0.05, 0) is 43.3 Å². The number of ether oxygens (including phenoxy) is 2. The zero-order chi connectivity index (χ0) is 33.2. The predicted octanol–water partition coefficient (Wildman–Crippen LogP) is 3.54.